The van der Waals surface area contributed by atoms with Crippen molar-refractivity contribution in [2.45, 2.75) is 25.9 Å². The molecule has 0 saturated carbocycles. The Hall–Kier alpha value is -0.850. The van der Waals surface area contributed by atoms with Gasteiger partial charge in [-0.25, -0.2) is 4.39 Å². The summed E-state index contributed by atoms with van der Waals surface area (Å²) in [5.41, 5.74) is 1.01. The third-order valence-electron chi connectivity index (χ3n) is 2.15. The minimum absolute atomic E-state index is 0.0776. The smallest absolute Gasteiger partial charge is 0.137 e. The minimum Gasteiger partial charge on any atom is -0.300 e. The Morgan fingerprint density at radius 1 is 1.60 bits per heavy atom. The van der Waals surface area contributed by atoms with Crippen LogP contribution in [-0.2, 0) is 6.54 Å². The van der Waals surface area contributed by atoms with Crippen LogP contribution in [-0.4, -0.2) is 6.04 Å². The lowest BCUT2D eigenvalue weighted by Crippen LogP contribution is -2.26. The van der Waals surface area contributed by atoms with Crippen LogP contribution in [0.3, 0.4) is 0 Å². The summed E-state index contributed by atoms with van der Waals surface area (Å²) in [5, 5.41) is 3.20. The van der Waals surface area contributed by atoms with Gasteiger partial charge in [0.15, 0.2) is 0 Å². The lowest BCUT2D eigenvalue weighted by molar-refractivity contribution is 0.588. The number of hydrogen-bond acceptors (Lipinski definition) is 1. The van der Waals surface area contributed by atoms with E-state index in [1.165, 1.54) is 6.07 Å². The molecule has 0 aliphatic rings. The van der Waals surface area contributed by atoms with Crippen molar-refractivity contribution in [2.75, 3.05) is 0 Å². The molecule has 15 heavy (non-hydrogen) atoms. The Kier molecular flexibility index (Phi) is 4.80. The van der Waals surface area contributed by atoms with Gasteiger partial charge in [-0.2, -0.15) is 0 Å². The lowest BCUT2D eigenvalue weighted by Gasteiger charge is -2.10. The van der Waals surface area contributed by atoms with Gasteiger partial charge in [0.1, 0.15) is 5.82 Å². The van der Waals surface area contributed by atoms with Gasteiger partial charge in [-0.1, -0.05) is 18.9 Å². The Morgan fingerprint density at radius 2 is 2.33 bits per heavy atom. The maximum Gasteiger partial charge on any atom is 0.137 e. The van der Waals surface area contributed by atoms with E-state index in [-0.39, 0.29) is 11.9 Å². The van der Waals surface area contributed by atoms with Crippen molar-refractivity contribution >= 4 is 15.9 Å². The predicted octanol–water partition coefficient (Wildman–Crippen LogP) is 3.09. The quantitative estimate of drug-likeness (QED) is 0.829. The highest BCUT2D eigenvalue weighted by molar-refractivity contribution is 9.10. The van der Waals surface area contributed by atoms with Gasteiger partial charge in [0.05, 0.1) is 10.5 Å². The van der Waals surface area contributed by atoms with Gasteiger partial charge >= 0.3 is 0 Å². The number of terminal acetylenes is 1. The van der Waals surface area contributed by atoms with E-state index in [2.05, 4.69) is 27.2 Å². The van der Waals surface area contributed by atoms with Crippen LogP contribution >= 0.6 is 15.9 Å². The second-order valence-corrected chi connectivity index (χ2v) is 4.11. The third-order valence-corrected chi connectivity index (χ3v) is 2.75. The first kappa shape index (κ1) is 12.2. The van der Waals surface area contributed by atoms with Gasteiger partial charge in [0.25, 0.3) is 0 Å². The molecular weight excluding hydrogens is 257 g/mol. The zero-order valence-electron chi connectivity index (χ0n) is 8.56. The summed E-state index contributed by atoms with van der Waals surface area (Å²) in [6.07, 6.45) is 6.21. The molecule has 1 nitrogen and oxygen atoms in total. The van der Waals surface area contributed by atoms with Crippen LogP contribution in [0.5, 0.6) is 0 Å². The van der Waals surface area contributed by atoms with E-state index >= 15 is 0 Å². The molecule has 1 rings (SSSR count). The number of rotatable bonds is 4. The zero-order chi connectivity index (χ0) is 11.3. The number of nitrogens with one attached hydrogen (secondary N) is 1. The number of benzene rings is 1. The van der Waals surface area contributed by atoms with E-state index in [4.69, 9.17) is 6.42 Å². The fraction of sp³-hybridized carbons (Fsp3) is 0.333. The summed E-state index contributed by atoms with van der Waals surface area (Å²) in [5.74, 6) is 2.40. The highest BCUT2D eigenvalue weighted by Crippen LogP contribution is 2.16. The summed E-state index contributed by atoms with van der Waals surface area (Å²) in [6, 6.07) is 5.02. The van der Waals surface area contributed by atoms with Crippen LogP contribution in [0.25, 0.3) is 0 Å². The Bertz CT molecular complexity index is 370. The summed E-state index contributed by atoms with van der Waals surface area (Å²) < 4.78 is 13.4. The normalized spacial score (nSPS) is 12.1. The Labute approximate surface area is 98.2 Å². The van der Waals surface area contributed by atoms with Crippen LogP contribution in [0.1, 0.15) is 18.9 Å². The molecule has 1 aromatic carbocycles. The molecule has 1 atom stereocenters. The molecule has 80 valence electrons. The van der Waals surface area contributed by atoms with E-state index in [0.29, 0.717) is 11.0 Å². The molecule has 3 heteroatoms. The molecule has 0 saturated heterocycles. The average Bonchev–Trinajstić information content (AvgIpc) is 2.24. The van der Waals surface area contributed by atoms with E-state index < -0.39 is 0 Å². The van der Waals surface area contributed by atoms with E-state index in [0.717, 1.165) is 12.0 Å². The molecule has 1 aromatic rings. The van der Waals surface area contributed by atoms with Crippen LogP contribution in [0.15, 0.2) is 22.7 Å². The Morgan fingerprint density at radius 3 is 2.87 bits per heavy atom. The highest BCUT2D eigenvalue weighted by atomic mass is 79.9. The second-order valence-electron chi connectivity index (χ2n) is 3.26. The van der Waals surface area contributed by atoms with Crippen molar-refractivity contribution in [1.82, 2.24) is 5.32 Å². The summed E-state index contributed by atoms with van der Waals surface area (Å²) in [7, 11) is 0. The second kappa shape index (κ2) is 5.89. The van der Waals surface area contributed by atoms with E-state index in [9.17, 15) is 4.39 Å². The molecule has 0 radical (unpaired) electrons. The number of hydrogen-bond donors (Lipinski definition) is 1. The van der Waals surface area contributed by atoms with E-state index in [1.54, 1.807) is 12.1 Å². The molecule has 0 spiro atoms. The topological polar surface area (TPSA) is 12.0 Å². The summed E-state index contributed by atoms with van der Waals surface area (Å²) >= 11 is 3.14. The molecule has 0 bridgehead atoms. The standard InChI is InChI=1S/C12H13BrFN/c1-3-10(4-2)15-8-9-5-6-12(14)11(13)7-9/h1,5-7,10,15H,4,8H2,2H3. The van der Waals surface area contributed by atoms with Gasteiger partial charge in [0.2, 0.25) is 0 Å². The minimum atomic E-state index is -0.247. The van der Waals surface area contributed by atoms with Crippen molar-refractivity contribution in [3.63, 3.8) is 0 Å². The fourth-order valence-corrected chi connectivity index (χ4v) is 1.64. The van der Waals surface area contributed by atoms with Gasteiger partial charge in [-0.15, -0.1) is 6.42 Å². The highest BCUT2D eigenvalue weighted by Gasteiger charge is 2.03. The maximum absolute atomic E-state index is 12.9. The molecule has 0 aliphatic carbocycles. The zero-order valence-corrected chi connectivity index (χ0v) is 10.1. The summed E-state index contributed by atoms with van der Waals surface area (Å²) in [4.78, 5) is 0. The van der Waals surface area contributed by atoms with Crippen molar-refractivity contribution in [2.24, 2.45) is 0 Å². The van der Waals surface area contributed by atoms with Gasteiger partial charge in [-0.05, 0) is 40.0 Å². The Balaban J connectivity index is 2.59. The lowest BCUT2D eigenvalue weighted by atomic mass is 10.2. The molecule has 0 heterocycles. The van der Waals surface area contributed by atoms with Crippen molar-refractivity contribution in [3.05, 3.63) is 34.1 Å². The average molecular weight is 270 g/mol. The molecular formula is C12H13BrFN. The first-order chi connectivity index (χ1) is 7.17. The molecule has 1 N–H and O–H groups in total. The maximum atomic E-state index is 12.9. The van der Waals surface area contributed by atoms with Crippen molar-refractivity contribution in [3.8, 4) is 12.3 Å². The van der Waals surface area contributed by atoms with Crippen LogP contribution in [0.2, 0.25) is 0 Å². The molecule has 0 fully saturated rings. The molecule has 1 unspecified atom stereocenters. The number of halogens is 2. The largest absolute Gasteiger partial charge is 0.300 e. The van der Waals surface area contributed by atoms with Crippen LogP contribution < -0.4 is 5.32 Å². The first-order valence-electron chi connectivity index (χ1n) is 4.80. The van der Waals surface area contributed by atoms with Gasteiger partial charge < -0.3 is 0 Å². The van der Waals surface area contributed by atoms with Gasteiger partial charge in [-0.3, -0.25) is 5.32 Å². The first-order valence-corrected chi connectivity index (χ1v) is 5.60. The SMILES string of the molecule is C#CC(CC)NCc1ccc(F)c(Br)c1. The van der Waals surface area contributed by atoms with Crippen LogP contribution in [0.4, 0.5) is 4.39 Å². The van der Waals surface area contributed by atoms with Gasteiger partial charge in [0, 0.05) is 6.54 Å². The monoisotopic (exact) mass is 269 g/mol. The predicted molar refractivity (Wildman–Crippen MR) is 63.9 cm³/mol. The molecule has 0 amide bonds. The third kappa shape index (κ3) is 3.65. The fourth-order valence-electron chi connectivity index (χ4n) is 1.21. The summed E-state index contributed by atoms with van der Waals surface area (Å²) in [6.45, 7) is 2.68. The van der Waals surface area contributed by atoms with Crippen molar-refractivity contribution in [1.29, 1.82) is 0 Å². The molecule has 0 aliphatic heterocycles. The van der Waals surface area contributed by atoms with Crippen LogP contribution in [0, 0.1) is 18.2 Å². The van der Waals surface area contributed by atoms with Crippen molar-refractivity contribution < 1.29 is 4.39 Å². The van der Waals surface area contributed by atoms with E-state index in [1.807, 2.05) is 6.92 Å². The molecule has 0 aromatic heterocycles.